The van der Waals surface area contributed by atoms with Gasteiger partial charge in [-0.2, -0.15) is 0 Å². The van der Waals surface area contributed by atoms with E-state index in [4.69, 9.17) is 5.73 Å². The molecule has 1 atom stereocenters. The summed E-state index contributed by atoms with van der Waals surface area (Å²) in [6, 6.07) is 5.49. The average Bonchev–Trinajstić information content (AvgIpc) is 2.57. The summed E-state index contributed by atoms with van der Waals surface area (Å²) < 4.78 is 0. The fourth-order valence-electron chi connectivity index (χ4n) is 2.50. The van der Waals surface area contributed by atoms with Gasteiger partial charge in [0.05, 0.1) is 17.9 Å². The number of amides is 2. The number of nitrogens with zero attached hydrogens (tertiary/aromatic N) is 1. The summed E-state index contributed by atoms with van der Waals surface area (Å²) >= 11 is 0. The number of nitrogens with two attached hydrogens (primary N) is 1. The summed E-state index contributed by atoms with van der Waals surface area (Å²) in [5, 5.41) is 2.78. The molecular formula is C16H23N3O2. The van der Waals surface area contributed by atoms with Crippen molar-refractivity contribution in [3.8, 4) is 0 Å². The monoisotopic (exact) mass is 289 g/mol. The van der Waals surface area contributed by atoms with Crippen LogP contribution < -0.4 is 11.1 Å². The predicted octanol–water partition coefficient (Wildman–Crippen LogP) is 2.16. The van der Waals surface area contributed by atoms with E-state index < -0.39 is 0 Å². The third kappa shape index (κ3) is 4.21. The Bertz CT molecular complexity index is 542. The molecule has 1 fully saturated rings. The Morgan fingerprint density at radius 2 is 2.19 bits per heavy atom. The number of anilines is 2. The molecule has 0 saturated carbocycles. The average molecular weight is 289 g/mol. The van der Waals surface area contributed by atoms with Crippen molar-refractivity contribution >= 4 is 23.2 Å². The van der Waals surface area contributed by atoms with Crippen LogP contribution in [0.4, 0.5) is 11.4 Å². The zero-order valence-electron chi connectivity index (χ0n) is 12.7. The van der Waals surface area contributed by atoms with E-state index in [1.54, 1.807) is 11.0 Å². The highest BCUT2D eigenvalue weighted by Crippen LogP contribution is 2.20. The highest BCUT2D eigenvalue weighted by Gasteiger charge is 2.22. The Morgan fingerprint density at radius 3 is 2.90 bits per heavy atom. The molecule has 5 heteroatoms. The van der Waals surface area contributed by atoms with Crippen LogP contribution in [-0.2, 0) is 9.59 Å². The second-order valence-electron chi connectivity index (χ2n) is 5.89. The Hall–Kier alpha value is -2.04. The first kappa shape index (κ1) is 15.4. The highest BCUT2D eigenvalue weighted by atomic mass is 16.2. The van der Waals surface area contributed by atoms with Crippen molar-refractivity contribution < 1.29 is 9.59 Å². The molecule has 0 aliphatic carbocycles. The van der Waals surface area contributed by atoms with E-state index in [1.165, 1.54) is 0 Å². The lowest BCUT2D eigenvalue weighted by atomic mass is 10.0. The van der Waals surface area contributed by atoms with Crippen LogP contribution in [0.2, 0.25) is 0 Å². The number of hydrogen-bond donors (Lipinski definition) is 2. The third-order valence-corrected chi connectivity index (χ3v) is 3.91. The van der Waals surface area contributed by atoms with Gasteiger partial charge >= 0.3 is 0 Å². The van der Waals surface area contributed by atoms with E-state index >= 15 is 0 Å². The second kappa shape index (κ2) is 6.61. The number of hydrogen-bond acceptors (Lipinski definition) is 3. The van der Waals surface area contributed by atoms with E-state index in [9.17, 15) is 9.59 Å². The zero-order valence-corrected chi connectivity index (χ0v) is 12.7. The first-order valence-corrected chi connectivity index (χ1v) is 7.39. The molecule has 0 aromatic heterocycles. The summed E-state index contributed by atoms with van der Waals surface area (Å²) in [4.78, 5) is 25.7. The normalized spacial score (nSPS) is 19.2. The smallest absolute Gasteiger partial charge is 0.244 e. The molecule has 1 aromatic rings. The maximum Gasteiger partial charge on any atom is 0.244 e. The van der Waals surface area contributed by atoms with Crippen LogP contribution in [0.5, 0.6) is 0 Å². The number of benzene rings is 1. The molecule has 2 rings (SSSR count). The molecular weight excluding hydrogens is 266 g/mol. The molecule has 1 aliphatic heterocycles. The van der Waals surface area contributed by atoms with E-state index in [1.807, 2.05) is 19.1 Å². The quantitative estimate of drug-likeness (QED) is 0.837. The number of aryl methyl sites for hydroxylation is 1. The Labute approximate surface area is 125 Å². The first-order valence-electron chi connectivity index (χ1n) is 7.39. The van der Waals surface area contributed by atoms with Gasteiger partial charge in [-0.05, 0) is 43.4 Å². The van der Waals surface area contributed by atoms with Crippen LogP contribution in [0.1, 0.15) is 31.7 Å². The number of likely N-dealkylation sites (tertiary alicyclic amines) is 1. The molecule has 5 nitrogen and oxygen atoms in total. The fraction of sp³-hybridized carbons (Fsp3) is 0.500. The Kier molecular flexibility index (Phi) is 4.83. The third-order valence-electron chi connectivity index (χ3n) is 3.91. The van der Waals surface area contributed by atoms with E-state index in [-0.39, 0.29) is 18.4 Å². The highest BCUT2D eigenvalue weighted by molar-refractivity contribution is 5.96. The van der Waals surface area contributed by atoms with E-state index in [0.29, 0.717) is 30.3 Å². The SMILES string of the molecule is Cc1ccc(NC(=O)CN2CCC(C)CCC2=O)c(N)c1. The van der Waals surface area contributed by atoms with Crippen molar-refractivity contribution in [1.29, 1.82) is 0 Å². The van der Waals surface area contributed by atoms with Crippen molar-refractivity contribution in [3.05, 3.63) is 23.8 Å². The summed E-state index contributed by atoms with van der Waals surface area (Å²) in [7, 11) is 0. The molecule has 0 radical (unpaired) electrons. The fourth-order valence-corrected chi connectivity index (χ4v) is 2.50. The molecule has 21 heavy (non-hydrogen) atoms. The number of rotatable bonds is 3. The van der Waals surface area contributed by atoms with Crippen molar-refractivity contribution in [2.24, 2.45) is 5.92 Å². The topological polar surface area (TPSA) is 75.4 Å². The second-order valence-corrected chi connectivity index (χ2v) is 5.89. The largest absolute Gasteiger partial charge is 0.397 e. The van der Waals surface area contributed by atoms with E-state index in [2.05, 4.69) is 12.2 Å². The molecule has 3 N–H and O–H groups in total. The molecule has 1 aromatic carbocycles. The van der Waals surface area contributed by atoms with Gasteiger partial charge in [0, 0.05) is 13.0 Å². The number of nitrogen functional groups attached to an aromatic ring is 1. The van der Waals surface area contributed by atoms with Gasteiger partial charge in [-0.15, -0.1) is 0 Å². The number of nitrogens with one attached hydrogen (secondary N) is 1. The van der Waals surface area contributed by atoms with Gasteiger partial charge in [0.25, 0.3) is 0 Å². The molecule has 114 valence electrons. The molecule has 2 amide bonds. The predicted molar refractivity (Wildman–Crippen MR) is 83.8 cm³/mol. The van der Waals surface area contributed by atoms with Gasteiger partial charge in [0.1, 0.15) is 0 Å². The maximum absolute atomic E-state index is 12.1. The zero-order chi connectivity index (χ0) is 15.4. The van der Waals surface area contributed by atoms with Crippen LogP contribution in [0.3, 0.4) is 0 Å². The Morgan fingerprint density at radius 1 is 1.43 bits per heavy atom. The maximum atomic E-state index is 12.1. The standard InChI is InChI=1S/C16H23N3O2/c1-11-4-6-16(21)19(8-7-11)10-15(20)18-14-5-3-12(2)9-13(14)17/h3,5,9,11H,4,6-8,10,17H2,1-2H3,(H,18,20). The van der Waals surface area contributed by atoms with Crippen LogP contribution in [0, 0.1) is 12.8 Å². The minimum absolute atomic E-state index is 0.0615. The van der Waals surface area contributed by atoms with Gasteiger partial charge in [-0.25, -0.2) is 0 Å². The number of carbonyl (C=O) groups is 2. The molecule has 1 saturated heterocycles. The molecule has 1 unspecified atom stereocenters. The molecule has 0 bridgehead atoms. The minimum Gasteiger partial charge on any atom is -0.397 e. The van der Waals surface area contributed by atoms with Gasteiger partial charge < -0.3 is 16.0 Å². The molecule has 1 heterocycles. The van der Waals surface area contributed by atoms with E-state index in [0.717, 1.165) is 18.4 Å². The summed E-state index contributed by atoms with van der Waals surface area (Å²) in [5.74, 6) is 0.398. The van der Waals surface area contributed by atoms with Crippen molar-refractivity contribution in [3.63, 3.8) is 0 Å². The van der Waals surface area contributed by atoms with Crippen molar-refractivity contribution in [1.82, 2.24) is 4.90 Å². The van der Waals surface area contributed by atoms with Crippen molar-refractivity contribution in [2.45, 2.75) is 33.1 Å². The van der Waals surface area contributed by atoms with Crippen molar-refractivity contribution in [2.75, 3.05) is 24.1 Å². The summed E-state index contributed by atoms with van der Waals surface area (Å²) in [5.41, 5.74) is 8.06. The Balaban J connectivity index is 1.96. The minimum atomic E-state index is -0.201. The summed E-state index contributed by atoms with van der Waals surface area (Å²) in [6.45, 7) is 4.83. The lowest BCUT2D eigenvalue weighted by molar-refractivity contribution is -0.134. The molecule has 1 aliphatic rings. The van der Waals surface area contributed by atoms with Crippen LogP contribution >= 0.6 is 0 Å². The van der Waals surface area contributed by atoms with Crippen LogP contribution in [-0.4, -0.2) is 29.8 Å². The lowest BCUT2D eigenvalue weighted by Crippen LogP contribution is -2.37. The van der Waals surface area contributed by atoms with Crippen LogP contribution in [0.15, 0.2) is 18.2 Å². The molecule has 0 spiro atoms. The van der Waals surface area contributed by atoms with Gasteiger partial charge in [-0.3, -0.25) is 9.59 Å². The lowest BCUT2D eigenvalue weighted by Gasteiger charge is -2.20. The summed E-state index contributed by atoms with van der Waals surface area (Å²) in [6.07, 6.45) is 2.38. The van der Waals surface area contributed by atoms with Gasteiger partial charge in [0.2, 0.25) is 11.8 Å². The van der Waals surface area contributed by atoms with Gasteiger partial charge in [0.15, 0.2) is 0 Å². The number of carbonyl (C=O) groups excluding carboxylic acids is 2. The van der Waals surface area contributed by atoms with Gasteiger partial charge in [-0.1, -0.05) is 13.0 Å². The van der Waals surface area contributed by atoms with Crippen LogP contribution in [0.25, 0.3) is 0 Å². The first-order chi connectivity index (χ1) is 9.95.